The molecule has 2 heteroatoms. The van der Waals surface area contributed by atoms with Crippen LogP contribution in [0.4, 0.5) is 17.1 Å². The lowest BCUT2D eigenvalue weighted by molar-refractivity contribution is 1.28. The van der Waals surface area contributed by atoms with Crippen LogP contribution in [0.25, 0.3) is 75.8 Å². The van der Waals surface area contributed by atoms with Gasteiger partial charge in [0.15, 0.2) is 0 Å². The van der Waals surface area contributed by atoms with E-state index in [0.717, 1.165) is 22.6 Å². The van der Waals surface area contributed by atoms with Crippen molar-refractivity contribution in [2.24, 2.45) is 0 Å². The van der Waals surface area contributed by atoms with Crippen LogP contribution in [0, 0.1) is 0 Å². The van der Waals surface area contributed by atoms with Crippen molar-refractivity contribution in [3.8, 4) is 55.6 Å². The van der Waals surface area contributed by atoms with Crippen LogP contribution >= 0.6 is 11.3 Å². The predicted molar refractivity (Wildman–Crippen MR) is 241 cm³/mol. The van der Waals surface area contributed by atoms with E-state index in [1.807, 2.05) is 11.3 Å². The van der Waals surface area contributed by atoms with Gasteiger partial charge < -0.3 is 4.90 Å². The van der Waals surface area contributed by atoms with Crippen LogP contribution in [-0.4, -0.2) is 0 Å². The Kier molecular flexibility index (Phi) is 8.79. The molecule has 10 rings (SSSR count). The van der Waals surface area contributed by atoms with E-state index in [4.69, 9.17) is 0 Å². The van der Waals surface area contributed by atoms with Crippen LogP contribution in [0.1, 0.15) is 0 Å². The lowest BCUT2D eigenvalue weighted by Gasteiger charge is -2.30. The number of hydrogen-bond donors (Lipinski definition) is 0. The Bertz CT molecular complexity index is 2980. The summed E-state index contributed by atoms with van der Waals surface area (Å²) < 4.78 is 2.62. The molecule has 0 radical (unpaired) electrons. The lowest BCUT2D eigenvalue weighted by atomic mass is 9.88. The molecule has 264 valence electrons. The minimum Gasteiger partial charge on any atom is -0.309 e. The highest BCUT2D eigenvalue weighted by Gasteiger charge is 2.23. The number of fused-ring (bicyclic) bond motifs is 3. The quantitative estimate of drug-likeness (QED) is 0.150. The summed E-state index contributed by atoms with van der Waals surface area (Å²) in [5, 5.41) is 2.61. The number of thiophene rings is 1. The summed E-state index contributed by atoms with van der Waals surface area (Å²) in [6, 6.07) is 81.3. The summed E-state index contributed by atoms with van der Waals surface area (Å²) >= 11 is 1.87. The summed E-state index contributed by atoms with van der Waals surface area (Å²) in [4.78, 5) is 2.46. The van der Waals surface area contributed by atoms with Crippen molar-refractivity contribution >= 4 is 48.6 Å². The van der Waals surface area contributed by atoms with Crippen LogP contribution in [-0.2, 0) is 0 Å². The van der Waals surface area contributed by atoms with Crippen LogP contribution in [0.2, 0.25) is 0 Å². The zero-order valence-electron chi connectivity index (χ0n) is 30.7. The summed E-state index contributed by atoms with van der Waals surface area (Å²) in [5.41, 5.74) is 15.3. The maximum atomic E-state index is 2.46. The van der Waals surface area contributed by atoms with Gasteiger partial charge in [0.1, 0.15) is 0 Å². The second-order valence-corrected chi connectivity index (χ2v) is 15.1. The molecule has 0 spiro atoms. The normalized spacial score (nSPS) is 11.2. The number of rotatable bonds is 8. The zero-order chi connectivity index (χ0) is 37.3. The SMILES string of the molecule is c1ccc(-c2ccccc2-c2ccccc2-c2ccccc2N(c2cccc(-c3cccc4c3sc3ccccc34)c2)c2ccccc2-c2ccccc2)cc1. The van der Waals surface area contributed by atoms with E-state index < -0.39 is 0 Å². The number of hydrogen-bond acceptors (Lipinski definition) is 2. The molecule has 10 aromatic rings. The van der Waals surface area contributed by atoms with E-state index in [-0.39, 0.29) is 0 Å². The van der Waals surface area contributed by atoms with Crippen molar-refractivity contribution < 1.29 is 0 Å². The Morgan fingerprint density at radius 3 is 1.45 bits per heavy atom. The lowest BCUT2D eigenvalue weighted by Crippen LogP contribution is -2.12. The first-order valence-electron chi connectivity index (χ1n) is 19.1. The molecule has 0 amide bonds. The molecule has 0 fully saturated rings. The molecule has 0 saturated heterocycles. The monoisotopic (exact) mass is 731 g/mol. The largest absolute Gasteiger partial charge is 0.309 e. The maximum Gasteiger partial charge on any atom is 0.0540 e. The Balaban J connectivity index is 1.20. The molecule has 1 nitrogen and oxygen atoms in total. The fourth-order valence-electron chi connectivity index (χ4n) is 8.16. The summed E-state index contributed by atoms with van der Waals surface area (Å²) in [5.74, 6) is 0. The third-order valence-corrected chi connectivity index (χ3v) is 11.9. The third-order valence-electron chi connectivity index (χ3n) is 10.7. The van der Waals surface area contributed by atoms with Crippen molar-refractivity contribution in [2.45, 2.75) is 0 Å². The molecule has 1 aromatic heterocycles. The average Bonchev–Trinajstić information content (AvgIpc) is 3.67. The minimum absolute atomic E-state index is 1.10. The van der Waals surface area contributed by atoms with Gasteiger partial charge in [-0.25, -0.2) is 0 Å². The molecule has 56 heavy (non-hydrogen) atoms. The van der Waals surface area contributed by atoms with Crippen LogP contribution in [0.15, 0.2) is 224 Å². The van der Waals surface area contributed by atoms with Gasteiger partial charge >= 0.3 is 0 Å². The first kappa shape index (κ1) is 33.6. The highest BCUT2D eigenvalue weighted by atomic mass is 32.1. The van der Waals surface area contributed by atoms with Gasteiger partial charge in [0, 0.05) is 37.0 Å². The first-order valence-corrected chi connectivity index (χ1v) is 19.9. The number of benzene rings is 9. The fourth-order valence-corrected chi connectivity index (χ4v) is 9.40. The summed E-state index contributed by atoms with van der Waals surface area (Å²) in [7, 11) is 0. The Labute approximate surface area is 332 Å². The zero-order valence-corrected chi connectivity index (χ0v) is 31.5. The van der Waals surface area contributed by atoms with E-state index in [1.165, 1.54) is 70.2 Å². The molecule has 9 aromatic carbocycles. The van der Waals surface area contributed by atoms with Gasteiger partial charge in [0.2, 0.25) is 0 Å². The van der Waals surface area contributed by atoms with Gasteiger partial charge in [0.25, 0.3) is 0 Å². The number of para-hydroxylation sites is 2. The molecule has 0 aliphatic carbocycles. The highest BCUT2D eigenvalue weighted by molar-refractivity contribution is 7.26. The number of anilines is 3. The molecular formula is C54H37NS. The molecule has 0 bridgehead atoms. The highest BCUT2D eigenvalue weighted by Crippen LogP contribution is 2.48. The molecule has 0 unspecified atom stereocenters. The van der Waals surface area contributed by atoms with Gasteiger partial charge in [0.05, 0.1) is 11.4 Å². The topological polar surface area (TPSA) is 3.24 Å². The first-order chi connectivity index (χ1) is 27.8. The van der Waals surface area contributed by atoms with E-state index in [2.05, 4.69) is 229 Å². The van der Waals surface area contributed by atoms with E-state index in [9.17, 15) is 0 Å². The molecule has 0 aliphatic rings. The van der Waals surface area contributed by atoms with E-state index in [1.54, 1.807) is 0 Å². The van der Waals surface area contributed by atoms with Crippen molar-refractivity contribution in [3.63, 3.8) is 0 Å². The number of nitrogens with zero attached hydrogens (tertiary/aromatic N) is 1. The Morgan fingerprint density at radius 2 is 0.732 bits per heavy atom. The molecular weight excluding hydrogens is 695 g/mol. The van der Waals surface area contributed by atoms with Crippen molar-refractivity contribution in [2.75, 3.05) is 4.90 Å². The van der Waals surface area contributed by atoms with Crippen molar-refractivity contribution in [3.05, 3.63) is 224 Å². The predicted octanol–water partition coefficient (Wildman–Crippen LogP) is 15.9. The van der Waals surface area contributed by atoms with Crippen LogP contribution < -0.4 is 4.90 Å². The van der Waals surface area contributed by atoms with Gasteiger partial charge in [-0.15, -0.1) is 11.3 Å². The van der Waals surface area contributed by atoms with Gasteiger partial charge in [-0.05, 0) is 74.8 Å². The summed E-state index contributed by atoms with van der Waals surface area (Å²) in [6.45, 7) is 0. The van der Waals surface area contributed by atoms with E-state index >= 15 is 0 Å². The second-order valence-electron chi connectivity index (χ2n) is 14.0. The molecule has 0 aliphatic heterocycles. The third kappa shape index (κ3) is 6.07. The van der Waals surface area contributed by atoms with Crippen LogP contribution in [0.3, 0.4) is 0 Å². The van der Waals surface area contributed by atoms with Gasteiger partial charge in [-0.3, -0.25) is 0 Å². The van der Waals surface area contributed by atoms with Crippen molar-refractivity contribution in [1.82, 2.24) is 0 Å². The minimum atomic E-state index is 1.10. The Hall–Kier alpha value is -7.00. The Morgan fingerprint density at radius 1 is 0.286 bits per heavy atom. The molecule has 1 heterocycles. The molecule has 0 atom stereocenters. The molecule has 0 N–H and O–H groups in total. The average molecular weight is 732 g/mol. The van der Waals surface area contributed by atoms with Gasteiger partial charge in [-0.1, -0.05) is 194 Å². The standard InChI is InChI=1S/C54H37NS/c1-3-19-38(20-4-1)42-25-7-8-27-45(42)46-28-9-10-29-47(46)48-30-12-15-35-52(48)55(51-34-14-11-26-43(51)39-21-5-2-6-22-39)41-24-17-23-40(37-41)44-32-18-33-50-49-31-13-16-36-53(49)56-54(44)50/h1-37H. The maximum absolute atomic E-state index is 2.46. The second kappa shape index (κ2) is 14.7. The van der Waals surface area contributed by atoms with Crippen molar-refractivity contribution in [1.29, 1.82) is 0 Å². The fraction of sp³-hybridized carbons (Fsp3) is 0. The van der Waals surface area contributed by atoms with Crippen LogP contribution in [0.5, 0.6) is 0 Å². The van der Waals surface area contributed by atoms with E-state index in [0.29, 0.717) is 0 Å². The van der Waals surface area contributed by atoms with Gasteiger partial charge in [-0.2, -0.15) is 0 Å². The molecule has 0 saturated carbocycles. The summed E-state index contributed by atoms with van der Waals surface area (Å²) in [6.07, 6.45) is 0. The smallest absolute Gasteiger partial charge is 0.0540 e.